The second-order valence-corrected chi connectivity index (χ2v) is 9.34. The molecule has 5 atom stereocenters. The van der Waals surface area contributed by atoms with E-state index < -0.39 is 47.9 Å². The number of carboxylic acid groups (broad SMARTS) is 1. The van der Waals surface area contributed by atoms with E-state index in [0.717, 1.165) is 0 Å². The van der Waals surface area contributed by atoms with Gasteiger partial charge < -0.3 is 32.1 Å². The van der Waals surface area contributed by atoms with Gasteiger partial charge in [0.1, 0.15) is 18.1 Å². The zero-order valence-electron chi connectivity index (χ0n) is 19.5. The summed E-state index contributed by atoms with van der Waals surface area (Å²) in [6, 6.07) is -3.81. The Labute approximate surface area is 198 Å². The van der Waals surface area contributed by atoms with Crippen LogP contribution in [0, 0.1) is 5.92 Å². The zero-order valence-corrected chi connectivity index (χ0v) is 20.4. The van der Waals surface area contributed by atoms with Crippen molar-refractivity contribution >= 4 is 41.4 Å². The Morgan fingerprint density at radius 3 is 2.39 bits per heavy atom. The maximum absolute atomic E-state index is 13.0. The highest BCUT2D eigenvalue weighted by atomic mass is 32.2. The summed E-state index contributed by atoms with van der Waals surface area (Å²) < 4.78 is 0. The molecule has 0 aromatic heterocycles. The van der Waals surface area contributed by atoms with Gasteiger partial charge in [-0.25, -0.2) is 4.79 Å². The van der Waals surface area contributed by atoms with E-state index in [0.29, 0.717) is 38.0 Å². The van der Waals surface area contributed by atoms with Crippen molar-refractivity contribution in [1.82, 2.24) is 15.5 Å². The minimum absolute atomic E-state index is 0.0896. The molecule has 0 saturated carbocycles. The molecule has 7 N–H and O–H groups in total. The topological polar surface area (TPSA) is 185 Å². The molecule has 1 rings (SSSR count). The van der Waals surface area contributed by atoms with Crippen molar-refractivity contribution < 1.29 is 29.1 Å². The van der Waals surface area contributed by atoms with Crippen LogP contribution in [0.2, 0.25) is 0 Å². The largest absolute Gasteiger partial charge is 0.480 e. The fraction of sp³-hybridized carbons (Fsp3) is 0.762. The first-order valence-electron chi connectivity index (χ1n) is 11.2. The predicted octanol–water partition coefficient (Wildman–Crippen LogP) is -0.576. The Kier molecular flexibility index (Phi) is 12.2. The normalized spacial score (nSPS) is 19.3. The van der Waals surface area contributed by atoms with E-state index in [2.05, 4.69) is 10.6 Å². The predicted molar refractivity (Wildman–Crippen MR) is 125 cm³/mol. The molecule has 0 bridgehead atoms. The van der Waals surface area contributed by atoms with Crippen LogP contribution in [-0.4, -0.2) is 82.3 Å². The summed E-state index contributed by atoms with van der Waals surface area (Å²) in [5.74, 6) is -3.05. The summed E-state index contributed by atoms with van der Waals surface area (Å²) in [5.41, 5.74) is 11.2. The monoisotopic (exact) mass is 487 g/mol. The average Bonchev–Trinajstić information content (AvgIpc) is 3.26. The van der Waals surface area contributed by atoms with Crippen LogP contribution in [-0.2, 0) is 24.0 Å². The maximum Gasteiger partial charge on any atom is 0.326 e. The zero-order chi connectivity index (χ0) is 25.1. The van der Waals surface area contributed by atoms with Crippen molar-refractivity contribution in [3.8, 4) is 0 Å². The van der Waals surface area contributed by atoms with Crippen LogP contribution in [0.25, 0.3) is 0 Å². The number of carbonyl (C=O) groups is 5. The van der Waals surface area contributed by atoms with Gasteiger partial charge >= 0.3 is 5.97 Å². The van der Waals surface area contributed by atoms with Crippen molar-refractivity contribution in [3.63, 3.8) is 0 Å². The number of hydrogen-bond donors (Lipinski definition) is 5. The smallest absolute Gasteiger partial charge is 0.326 e. The van der Waals surface area contributed by atoms with Gasteiger partial charge in [0.25, 0.3) is 0 Å². The van der Waals surface area contributed by atoms with Gasteiger partial charge in [0, 0.05) is 13.0 Å². The number of nitrogens with one attached hydrogen (secondary N) is 2. The summed E-state index contributed by atoms with van der Waals surface area (Å²) in [4.78, 5) is 62.9. The SMILES string of the molecule is CCC(C)C(NC(=O)C(CCC(N)=O)NC(=O)C1CCCN1C(=O)C(N)CCSC)C(=O)O. The number of nitrogens with two attached hydrogens (primary N) is 2. The molecule has 1 heterocycles. The lowest BCUT2D eigenvalue weighted by atomic mass is 9.98. The number of aliphatic carboxylic acids is 1. The molecule has 4 amide bonds. The molecule has 1 aliphatic rings. The first-order valence-corrected chi connectivity index (χ1v) is 12.6. The molecule has 0 aromatic carbocycles. The molecule has 11 nitrogen and oxygen atoms in total. The second-order valence-electron chi connectivity index (χ2n) is 8.35. The standard InChI is InChI=1S/C21H37N5O6S/c1-4-12(2)17(21(31)32)25-18(28)14(7-8-16(23)27)24-19(29)15-6-5-10-26(15)20(30)13(22)9-11-33-3/h12-15,17H,4-11,22H2,1-3H3,(H2,23,27)(H,24,29)(H,25,28)(H,31,32). The minimum atomic E-state index is -1.19. The van der Waals surface area contributed by atoms with E-state index in [-0.39, 0.29) is 24.7 Å². The molecule has 0 radical (unpaired) electrons. The summed E-state index contributed by atoms with van der Waals surface area (Å²) in [6.45, 7) is 3.88. The van der Waals surface area contributed by atoms with Gasteiger partial charge in [-0.2, -0.15) is 11.8 Å². The summed E-state index contributed by atoms with van der Waals surface area (Å²) in [5, 5.41) is 14.5. The molecule has 5 unspecified atom stereocenters. The number of likely N-dealkylation sites (tertiary alicyclic amines) is 1. The Bertz CT molecular complexity index is 721. The lowest BCUT2D eigenvalue weighted by Gasteiger charge is -2.29. The van der Waals surface area contributed by atoms with E-state index >= 15 is 0 Å². The molecule has 0 spiro atoms. The minimum Gasteiger partial charge on any atom is -0.480 e. The van der Waals surface area contributed by atoms with Crippen molar-refractivity contribution in [2.45, 2.75) is 76.5 Å². The summed E-state index contributed by atoms with van der Waals surface area (Å²) >= 11 is 1.57. The van der Waals surface area contributed by atoms with Gasteiger partial charge in [-0.15, -0.1) is 0 Å². The Morgan fingerprint density at radius 1 is 1.18 bits per heavy atom. The van der Waals surface area contributed by atoms with E-state index in [1.807, 2.05) is 6.26 Å². The van der Waals surface area contributed by atoms with E-state index in [1.54, 1.807) is 25.6 Å². The third-order valence-electron chi connectivity index (χ3n) is 5.88. The van der Waals surface area contributed by atoms with Gasteiger partial charge in [-0.05, 0) is 43.6 Å². The van der Waals surface area contributed by atoms with Gasteiger partial charge in [0.15, 0.2) is 0 Å². The number of nitrogens with zero attached hydrogens (tertiary/aromatic N) is 1. The highest BCUT2D eigenvalue weighted by Crippen LogP contribution is 2.20. The molecule has 1 fully saturated rings. The molecule has 188 valence electrons. The lowest BCUT2D eigenvalue weighted by Crippen LogP contribution is -2.57. The average molecular weight is 488 g/mol. The highest BCUT2D eigenvalue weighted by Gasteiger charge is 2.38. The van der Waals surface area contributed by atoms with Crippen molar-refractivity contribution in [1.29, 1.82) is 0 Å². The summed E-state index contributed by atoms with van der Waals surface area (Å²) in [7, 11) is 0. The van der Waals surface area contributed by atoms with Gasteiger partial charge in [0.2, 0.25) is 23.6 Å². The van der Waals surface area contributed by atoms with Crippen LogP contribution in [0.1, 0.15) is 52.4 Å². The van der Waals surface area contributed by atoms with Gasteiger partial charge in [-0.1, -0.05) is 20.3 Å². The van der Waals surface area contributed by atoms with Gasteiger partial charge in [0.05, 0.1) is 6.04 Å². The maximum atomic E-state index is 13.0. The third-order valence-corrected chi connectivity index (χ3v) is 6.52. The quantitative estimate of drug-likeness (QED) is 0.215. The van der Waals surface area contributed by atoms with Crippen LogP contribution in [0.15, 0.2) is 0 Å². The molecular weight excluding hydrogens is 450 g/mol. The molecule has 1 aliphatic heterocycles. The van der Waals surface area contributed by atoms with Crippen LogP contribution >= 0.6 is 11.8 Å². The molecule has 0 aliphatic carbocycles. The Hall–Kier alpha value is -2.34. The molecule has 12 heteroatoms. The molecule has 0 aromatic rings. The fourth-order valence-corrected chi connectivity index (χ4v) is 4.13. The Balaban J connectivity index is 2.94. The highest BCUT2D eigenvalue weighted by molar-refractivity contribution is 7.98. The van der Waals surface area contributed by atoms with Crippen LogP contribution < -0.4 is 22.1 Å². The molecule has 33 heavy (non-hydrogen) atoms. The number of hydrogen-bond acceptors (Lipinski definition) is 7. The van der Waals surface area contributed by atoms with Crippen molar-refractivity contribution in [3.05, 3.63) is 0 Å². The first-order chi connectivity index (χ1) is 15.5. The van der Waals surface area contributed by atoms with E-state index in [9.17, 15) is 29.1 Å². The first kappa shape index (κ1) is 28.7. The number of amides is 4. The summed E-state index contributed by atoms with van der Waals surface area (Å²) in [6.07, 6.45) is 3.69. The van der Waals surface area contributed by atoms with Crippen molar-refractivity contribution in [2.24, 2.45) is 17.4 Å². The number of carbonyl (C=O) groups excluding carboxylic acids is 4. The Morgan fingerprint density at radius 2 is 1.85 bits per heavy atom. The van der Waals surface area contributed by atoms with E-state index in [1.165, 1.54) is 4.90 Å². The van der Waals surface area contributed by atoms with Crippen LogP contribution in [0.3, 0.4) is 0 Å². The molecule has 1 saturated heterocycles. The number of thioether (sulfide) groups is 1. The van der Waals surface area contributed by atoms with Crippen LogP contribution in [0.5, 0.6) is 0 Å². The van der Waals surface area contributed by atoms with Crippen LogP contribution in [0.4, 0.5) is 0 Å². The number of primary amides is 1. The third kappa shape index (κ3) is 8.84. The second kappa shape index (κ2) is 14.0. The molecular formula is C21H37N5O6S. The fourth-order valence-electron chi connectivity index (χ4n) is 3.64. The van der Waals surface area contributed by atoms with E-state index in [4.69, 9.17) is 11.5 Å². The van der Waals surface area contributed by atoms with Gasteiger partial charge in [-0.3, -0.25) is 19.2 Å². The van der Waals surface area contributed by atoms with Crippen molar-refractivity contribution in [2.75, 3.05) is 18.6 Å². The lowest BCUT2D eigenvalue weighted by molar-refractivity contribution is -0.144. The number of carboxylic acids is 1. The number of rotatable bonds is 14.